The van der Waals surface area contributed by atoms with Gasteiger partial charge in [-0.2, -0.15) is 5.26 Å². The van der Waals surface area contributed by atoms with Crippen LogP contribution in [0.15, 0.2) is 30.3 Å². The number of nitrogens with zero attached hydrogens (tertiary/aromatic N) is 1. The summed E-state index contributed by atoms with van der Waals surface area (Å²) in [6, 6.07) is 11.3. The van der Waals surface area contributed by atoms with E-state index in [0.717, 1.165) is 5.56 Å². The van der Waals surface area contributed by atoms with Gasteiger partial charge in [0.05, 0.1) is 19.6 Å². The first-order chi connectivity index (χ1) is 9.17. The SMILES string of the molecule is COC(=O)CCNC(=O)C(C#N)Cc1ccccc1. The third kappa shape index (κ3) is 5.21. The van der Waals surface area contributed by atoms with Crippen molar-refractivity contribution in [3.63, 3.8) is 0 Å². The van der Waals surface area contributed by atoms with Crippen LogP contribution in [0.5, 0.6) is 0 Å². The molecule has 0 saturated heterocycles. The Morgan fingerprint density at radius 1 is 1.37 bits per heavy atom. The van der Waals surface area contributed by atoms with Crippen molar-refractivity contribution in [2.75, 3.05) is 13.7 Å². The Labute approximate surface area is 112 Å². The van der Waals surface area contributed by atoms with Gasteiger partial charge in [0, 0.05) is 6.54 Å². The van der Waals surface area contributed by atoms with E-state index in [9.17, 15) is 9.59 Å². The highest BCUT2D eigenvalue weighted by molar-refractivity contribution is 5.81. The van der Waals surface area contributed by atoms with E-state index in [0.29, 0.717) is 6.42 Å². The number of carbonyl (C=O) groups excluding carboxylic acids is 2. The monoisotopic (exact) mass is 260 g/mol. The van der Waals surface area contributed by atoms with Gasteiger partial charge in [-0.3, -0.25) is 9.59 Å². The van der Waals surface area contributed by atoms with E-state index >= 15 is 0 Å². The summed E-state index contributed by atoms with van der Waals surface area (Å²) in [4.78, 5) is 22.6. The summed E-state index contributed by atoms with van der Waals surface area (Å²) in [5.41, 5.74) is 0.928. The van der Waals surface area contributed by atoms with E-state index in [1.54, 1.807) is 0 Å². The summed E-state index contributed by atoms with van der Waals surface area (Å²) in [5.74, 6) is -1.51. The predicted octanol–water partition coefficient (Wildman–Crippen LogP) is 1.05. The van der Waals surface area contributed by atoms with Crippen molar-refractivity contribution < 1.29 is 14.3 Å². The quantitative estimate of drug-likeness (QED) is 0.775. The van der Waals surface area contributed by atoms with Gasteiger partial charge in [0.25, 0.3) is 0 Å². The first-order valence-electron chi connectivity index (χ1n) is 5.95. The predicted molar refractivity (Wildman–Crippen MR) is 68.9 cm³/mol. The normalized spacial score (nSPS) is 11.2. The maximum absolute atomic E-state index is 11.8. The number of ether oxygens (including phenoxy) is 1. The molecule has 1 amide bonds. The molecule has 1 N–H and O–H groups in total. The number of methoxy groups -OCH3 is 1. The molecule has 5 heteroatoms. The highest BCUT2D eigenvalue weighted by Crippen LogP contribution is 2.08. The Hall–Kier alpha value is -2.35. The molecule has 0 aliphatic heterocycles. The zero-order chi connectivity index (χ0) is 14.1. The zero-order valence-corrected chi connectivity index (χ0v) is 10.8. The van der Waals surface area contributed by atoms with Crippen LogP contribution < -0.4 is 5.32 Å². The summed E-state index contributed by atoms with van der Waals surface area (Å²) in [5, 5.41) is 11.6. The first kappa shape index (κ1) is 14.7. The number of nitriles is 1. The largest absolute Gasteiger partial charge is 0.469 e. The third-order valence-electron chi connectivity index (χ3n) is 2.61. The van der Waals surface area contributed by atoms with Crippen molar-refractivity contribution in [2.24, 2.45) is 5.92 Å². The molecule has 0 radical (unpaired) electrons. The summed E-state index contributed by atoms with van der Waals surface area (Å²) in [7, 11) is 1.29. The third-order valence-corrected chi connectivity index (χ3v) is 2.61. The summed E-state index contributed by atoms with van der Waals surface area (Å²) >= 11 is 0. The Balaban J connectivity index is 2.45. The minimum absolute atomic E-state index is 0.103. The number of hydrogen-bond donors (Lipinski definition) is 1. The minimum Gasteiger partial charge on any atom is -0.469 e. The smallest absolute Gasteiger partial charge is 0.307 e. The first-order valence-corrected chi connectivity index (χ1v) is 5.95. The van der Waals surface area contributed by atoms with Crippen LogP contribution in [0, 0.1) is 17.2 Å². The summed E-state index contributed by atoms with van der Waals surface area (Å²) in [6.07, 6.45) is 0.465. The maximum Gasteiger partial charge on any atom is 0.307 e. The average Bonchev–Trinajstić information content (AvgIpc) is 2.45. The van der Waals surface area contributed by atoms with Gasteiger partial charge in [0.2, 0.25) is 5.91 Å². The van der Waals surface area contributed by atoms with Gasteiger partial charge in [-0.05, 0) is 12.0 Å². The second-order valence-corrected chi connectivity index (χ2v) is 3.99. The number of nitrogens with one attached hydrogen (secondary N) is 1. The lowest BCUT2D eigenvalue weighted by Gasteiger charge is -2.09. The standard InChI is InChI=1S/C14H16N2O3/c1-19-13(17)7-8-16-14(18)12(10-15)9-11-5-3-2-4-6-11/h2-6,12H,7-9H2,1H3,(H,16,18). The molecule has 1 aromatic carbocycles. The molecular formula is C14H16N2O3. The van der Waals surface area contributed by atoms with Gasteiger partial charge in [0.1, 0.15) is 5.92 Å². The molecule has 0 bridgehead atoms. The Kier molecular flexibility index (Phi) is 6.10. The average molecular weight is 260 g/mol. The van der Waals surface area contributed by atoms with Crippen LogP contribution in [0.2, 0.25) is 0 Å². The molecule has 0 aromatic heterocycles. The van der Waals surface area contributed by atoms with Crippen LogP contribution in [0.25, 0.3) is 0 Å². The second-order valence-electron chi connectivity index (χ2n) is 3.99. The van der Waals surface area contributed by atoms with E-state index in [2.05, 4.69) is 10.1 Å². The van der Waals surface area contributed by atoms with Crippen molar-refractivity contribution in [2.45, 2.75) is 12.8 Å². The topological polar surface area (TPSA) is 79.2 Å². The molecule has 0 heterocycles. The number of esters is 1. The molecule has 1 unspecified atom stereocenters. The van der Waals surface area contributed by atoms with Crippen LogP contribution in [0.3, 0.4) is 0 Å². The Bertz CT molecular complexity index is 465. The van der Waals surface area contributed by atoms with Crippen LogP contribution in [-0.2, 0) is 20.7 Å². The van der Waals surface area contributed by atoms with Gasteiger partial charge >= 0.3 is 5.97 Å². The zero-order valence-electron chi connectivity index (χ0n) is 10.8. The van der Waals surface area contributed by atoms with Crippen molar-refractivity contribution in [3.05, 3.63) is 35.9 Å². The fourth-order valence-corrected chi connectivity index (χ4v) is 1.56. The van der Waals surface area contributed by atoms with Crippen LogP contribution >= 0.6 is 0 Å². The highest BCUT2D eigenvalue weighted by Gasteiger charge is 2.18. The molecular weight excluding hydrogens is 244 g/mol. The fourth-order valence-electron chi connectivity index (χ4n) is 1.56. The van der Waals surface area contributed by atoms with E-state index in [4.69, 9.17) is 5.26 Å². The molecule has 19 heavy (non-hydrogen) atoms. The lowest BCUT2D eigenvalue weighted by molar-refractivity contribution is -0.140. The molecule has 0 aliphatic rings. The van der Waals surface area contributed by atoms with Gasteiger partial charge in [0.15, 0.2) is 0 Å². The Morgan fingerprint density at radius 2 is 2.05 bits per heavy atom. The van der Waals surface area contributed by atoms with Crippen molar-refractivity contribution in [1.82, 2.24) is 5.32 Å². The molecule has 5 nitrogen and oxygen atoms in total. The highest BCUT2D eigenvalue weighted by atomic mass is 16.5. The molecule has 0 spiro atoms. The van der Waals surface area contributed by atoms with E-state index in [1.807, 2.05) is 36.4 Å². The number of carbonyl (C=O) groups is 2. The number of rotatable bonds is 6. The fraction of sp³-hybridized carbons (Fsp3) is 0.357. The second kappa shape index (κ2) is 7.88. The molecule has 1 atom stereocenters. The lowest BCUT2D eigenvalue weighted by atomic mass is 10.00. The summed E-state index contributed by atoms with van der Waals surface area (Å²) in [6.45, 7) is 0.179. The molecule has 0 fully saturated rings. The molecule has 0 aliphatic carbocycles. The molecule has 100 valence electrons. The molecule has 1 rings (SSSR count). The minimum atomic E-state index is -0.750. The number of hydrogen-bond acceptors (Lipinski definition) is 4. The van der Waals surface area contributed by atoms with Crippen LogP contribution in [0.4, 0.5) is 0 Å². The Morgan fingerprint density at radius 3 is 2.63 bits per heavy atom. The van der Waals surface area contributed by atoms with Crippen molar-refractivity contribution >= 4 is 11.9 Å². The van der Waals surface area contributed by atoms with E-state index in [1.165, 1.54) is 7.11 Å². The van der Waals surface area contributed by atoms with Crippen LogP contribution in [0.1, 0.15) is 12.0 Å². The van der Waals surface area contributed by atoms with Crippen molar-refractivity contribution in [1.29, 1.82) is 5.26 Å². The van der Waals surface area contributed by atoms with Gasteiger partial charge < -0.3 is 10.1 Å². The number of amides is 1. The molecule has 1 aromatic rings. The van der Waals surface area contributed by atoms with Crippen molar-refractivity contribution in [3.8, 4) is 6.07 Å². The lowest BCUT2D eigenvalue weighted by Crippen LogP contribution is -2.32. The van der Waals surface area contributed by atoms with Gasteiger partial charge in [-0.1, -0.05) is 30.3 Å². The van der Waals surface area contributed by atoms with E-state index in [-0.39, 0.29) is 18.9 Å². The van der Waals surface area contributed by atoms with Gasteiger partial charge in [-0.25, -0.2) is 0 Å². The van der Waals surface area contributed by atoms with Gasteiger partial charge in [-0.15, -0.1) is 0 Å². The molecule has 0 saturated carbocycles. The van der Waals surface area contributed by atoms with Crippen LogP contribution in [-0.4, -0.2) is 25.5 Å². The summed E-state index contributed by atoms with van der Waals surface area (Å²) < 4.78 is 4.46. The van der Waals surface area contributed by atoms with E-state index < -0.39 is 11.9 Å². The maximum atomic E-state index is 11.8. The number of benzene rings is 1.